The van der Waals surface area contributed by atoms with Gasteiger partial charge < -0.3 is 5.73 Å². The van der Waals surface area contributed by atoms with E-state index in [-0.39, 0.29) is 18.4 Å². The van der Waals surface area contributed by atoms with Crippen LogP contribution in [0.4, 0.5) is 0 Å². The van der Waals surface area contributed by atoms with Gasteiger partial charge in [0.15, 0.2) is 0 Å². The second-order valence-corrected chi connectivity index (χ2v) is 6.12. The van der Waals surface area contributed by atoms with Crippen LogP contribution in [0.15, 0.2) is 29.2 Å². The predicted molar refractivity (Wildman–Crippen MR) is 87.2 cm³/mol. The van der Waals surface area contributed by atoms with E-state index in [0.29, 0.717) is 6.04 Å². The summed E-state index contributed by atoms with van der Waals surface area (Å²) in [5.41, 5.74) is 7.51. The quantitative estimate of drug-likeness (QED) is 0.863. The summed E-state index contributed by atoms with van der Waals surface area (Å²) in [6, 6.07) is 9.75. The topological polar surface area (TPSA) is 29.3 Å². The minimum Gasteiger partial charge on any atom is -0.327 e. The summed E-state index contributed by atoms with van der Waals surface area (Å²) in [5.74, 6) is 0. The summed E-state index contributed by atoms with van der Waals surface area (Å²) in [5, 5.41) is 0. The summed E-state index contributed by atoms with van der Waals surface area (Å²) >= 11 is 1.80. The van der Waals surface area contributed by atoms with Gasteiger partial charge in [0.2, 0.25) is 0 Å². The van der Waals surface area contributed by atoms with Crippen molar-refractivity contribution in [1.29, 1.82) is 0 Å². The smallest absolute Gasteiger partial charge is 0.0248 e. The lowest BCUT2D eigenvalue weighted by atomic mass is 9.96. The van der Waals surface area contributed by atoms with Crippen molar-refractivity contribution >= 4 is 24.2 Å². The SMILES string of the molecule is CSc1ccc(CN2CCCCC2C(C)N)cc1.Cl. The van der Waals surface area contributed by atoms with Crippen LogP contribution in [0, 0.1) is 0 Å². The lowest BCUT2D eigenvalue weighted by Gasteiger charge is -2.38. The number of nitrogens with two attached hydrogens (primary N) is 1. The average molecular weight is 301 g/mol. The van der Waals surface area contributed by atoms with Crippen LogP contribution in [0.2, 0.25) is 0 Å². The van der Waals surface area contributed by atoms with Crippen LogP contribution < -0.4 is 5.73 Å². The molecule has 1 heterocycles. The van der Waals surface area contributed by atoms with Crippen molar-refractivity contribution in [2.45, 2.75) is 49.7 Å². The Hall–Kier alpha value is -0.220. The van der Waals surface area contributed by atoms with Crippen molar-refractivity contribution in [2.75, 3.05) is 12.8 Å². The summed E-state index contributed by atoms with van der Waals surface area (Å²) in [7, 11) is 0. The number of hydrogen-bond donors (Lipinski definition) is 1. The van der Waals surface area contributed by atoms with Gasteiger partial charge in [0.05, 0.1) is 0 Å². The molecule has 2 atom stereocenters. The molecule has 0 saturated carbocycles. The maximum atomic E-state index is 6.11. The predicted octanol–water partition coefficient (Wildman–Crippen LogP) is 3.53. The van der Waals surface area contributed by atoms with Gasteiger partial charge in [-0.15, -0.1) is 24.2 Å². The third kappa shape index (κ3) is 4.67. The molecule has 1 aromatic rings. The number of benzene rings is 1. The molecule has 4 heteroatoms. The van der Waals surface area contributed by atoms with Crippen LogP contribution in [0.1, 0.15) is 31.7 Å². The van der Waals surface area contributed by atoms with E-state index >= 15 is 0 Å². The van der Waals surface area contributed by atoms with Crippen LogP contribution in [0.5, 0.6) is 0 Å². The molecule has 0 radical (unpaired) electrons. The highest BCUT2D eigenvalue weighted by molar-refractivity contribution is 7.98. The van der Waals surface area contributed by atoms with Gasteiger partial charge in [-0.2, -0.15) is 0 Å². The van der Waals surface area contributed by atoms with Crippen LogP contribution >= 0.6 is 24.2 Å². The van der Waals surface area contributed by atoms with Crippen molar-refractivity contribution in [1.82, 2.24) is 4.90 Å². The zero-order valence-electron chi connectivity index (χ0n) is 11.8. The highest BCUT2D eigenvalue weighted by atomic mass is 35.5. The minimum atomic E-state index is 0. The lowest BCUT2D eigenvalue weighted by Crippen LogP contribution is -2.48. The fourth-order valence-corrected chi connectivity index (χ4v) is 3.18. The second kappa shape index (κ2) is 8.15. The molecular weight excluding hydrogens is 276 g/mol. The van der Waals surface area contributed by atoms with Gasteiger partial charge in [-0.1, -0.05) is 18.6 Å². The monoisotopic (exact) mass is 300 g/mol. The number of rotatable bonds is 4. The first-order chi connectivity index (χ1) is 8.70. The molecule has 1 saturated heterocycles. The molecule has 2 rings (SSSR count). The Balaban J connectivity index is 0.00000180. The van der Waals surface area contributed by atoms with Gasteiger partial charge in [-0.05, 0) is 50.3 Å². The van der Waals surface area contributed by atoms with Crippen LogP contribution in [-0.4, -0.2) is 29.8 Å². The summed E-state index contributed by atoms with van der Waals surface area (Å²) in [4.78, 5) is 3.89. The Bertz CT molecular complexity index is 367. The van der Waals surface area contributed by atoms with E-state index in [1.54, 1.807) is 11.8 Å². The second-order valence-electron chi connectivity index (χ2n) is 5.24. The third-order valence-corrected chi connectivity index (χ3v) is 4.56. The maximum absolute atomic E-state index is 6.11. The van der Waals surface area contributed by atoms with Gasteiger partial charge in [-0.25, -0.2) is 0 Å². The highest BCUT2D eigenvalue weighted by Crippen LogP contribution is 2.22. The number of nitrogens with zero attached hydrogens (tertiary/aromatic N) is 1. The fraction of sp³-hybridized carbons (Fsp3) is 0.600. The number of likely N-dealkylation sites (tertiary alicyclic amines) is 1. The first-order valence-electron chi connectivity index (χ1n) is 6.83. The minimum absolute atomic E-state index is 0. The molecule has 1 aromatic carbocycles. The molecule has 1 aliphatic rings. The fourth-order valence-electron chi connectivity index (χ4n) is 2.77. The van der Waals surface area contributed by atoms with E-state index in [1.807, 2.05) is 0 Å². The van der Waals surface area contributed by atoms with Gasteiger partial charge in [-0.3, -0.25) is 4.90 Å². The Morgan fingerprint density at radius 2 is 2.00 bits per heavy atom. The third-order valence-electron chi connectivity index (χ3n) is 3.82. The van der Waals surface area contributed by atoms with Gasteiger partial charge >= 0.3 is 0 Å². The number of halogens is 1. The average Bonchev–Trinajstić information content (AvgIpc) is 2.40. The summed E-state index contributed by atoms with van der Waals surface area (Å²) < 4.78 is 0. The van der Waals surface area contributed by atoms with Gasteiger partial charge in [0, 0.05) is 23.5 Å². The van der Waals surface area contributed by atoms with Gasteiger partial charge in [0.1, 0.15) is 0 Å². The Kier molecular flexibility index (Phi) is 7.22. The van der Waals surface area contributed by atoms with Crippen molar-refractivity contribution < 1.29 is 0 Å². The van der Waals surface area contributed by atoms with Crippen molar-refractivity contribution in [3.05, 3.63) is 29.8 Å². The van der Waals surface area contributed by atoms with Crippen LogP contribution in [-0.2, 0) is 6.54 Å². The molecule has 19 heavy (non-hydrogen) atoms. The molecule has 2 N–H and O–H groups in total. The van der Waals surface area contributed by atoms with Crippen molar-refractivity contribution in [2.24, 2.45) is 5.73 Å². The largest absolute Gasteiger partial charge is 0.327 e. The molecule has 0 spiro atoms. The van der Waals surface area contributed by atoms with Gasteiger partial charge in [0.25, 0.3) is 0 Å². The van der Waals surface area contributed by atoms with Crippen LogP contribution in [0.3, 0.4) is 0 Å². The molecule has 2 unspecified atom stereocenters. The van der Waals surface area contributed by atoms with E-state index in [1.165, 1.54) is 36.3 Å². The molecule has 0 amide bonds. The number of hydrogen-bond acceptors (Lipinski definition) is 3. The normalized spacial score (nSPS) is 21.7. The lowest BCUT2D eigenvalue weighted by molar-refractivity contribution is 0.123. The molecule has 0 aromatic heterocycles. The Labute approximate surface area is 127 Å². The first kappa shape index (κ1) is 16.8. The van der Waals surface area contributed by atoms with E-state index in [4.69, 9.17) is 5.73 Å². The van der Waals surface area contributed by atoms with E-state index in [2.05, 4.69) is 42.3 Å². The molecule has 1 aliphatic heterocycles. The molecule has 108 valence electrons. The summed E-state index contributed by atoms with van der Waals surface area (Å²) in [6.45, 7) is 4.37. The van der Waals surface area contributed by atoms with Crippen molar-refractivity contribution in [3.63, 3.8) is 0 Å². The molecule has 0 bridgehead atoms. The molecule has 2 nitrogen and oxygen atoms in total. The molecular formula is C15H25ClN2S. The Morgan fingerprint density at radius 3 is 2.58 bits per heavy atom. The van der Waals surface area contributed by atoms with E-state index < -0.39 is 0 Å². The first-order valence-corrected chi connectivity index (χ1v) is 8.05. The van der Waals surface area contributed by atoms with Crippen molar-refractivity contribution in [3.8, 4) is 0 Å². The highest BCUT2D eigenvalue weighted by Gasteiger charge is 2.25. The van der Waals surface area contributed by atoms with Crippen LogP contribution in [0.25, 0.3) is 0 Å². The maximum Gasteiger partial charge on any atom is 0.0248 e. The van der Waals surface area contributed by atoms with E-state index in [0.717, 1.165) is 6.54 Å². The van der Waals surface area contributed by atoms with E-state index in [9.17, 15) is 0 Å². The molecule has 1 fully saturated rings. The number of thioether (sulfide) groups is 1. The zero-order valence-corrected chi connectivity index (χ0v) is 13.5. The summed E-state index contributed by atoms with van der Waals surface area (Å²) in [6.07, 6.45) is 6.01. The standard InChI is InChI=1S/C15H24N2S.ClH/c1-12(16)15-5-3-4-10-17(15)11-13-6-8-14(18-2)9-7-13;/h6-9,12,15H,3-5,10-11,16H2,1-2H3;1H. The molecule has 0 aliphatic carbocycles. The number of piperidine rings is 1. The Morgan fingerprint density at radius 1 is 1.32 bits per heavy atom. The zero-order chi connectivity index (χ0) is 13.0.